The molecule has 0 aliphatic carbocycles. The highest BCUT2D eigenvalue weighted by Crippen LogP contribution is 2.15. The summed E-state index contributed by atoms with van der Waals surface area (Å²) in [6.07, 6.45) is 1.76. The highest BCUT2D eigenvalue weighted by molar-refractivity contribution is 9.10. The van der Waals surface area contributed by atoms with Gasteiger partial charge in [-0.15, -0.1) is 0 Å². The average Bonchev–Trinajstić information content (AvgIpc) is 2.26. The van der Waals surface area contributed by atoms with Crippen LogP contribution in [0.4, 0.5) is 0 Å². The van der Waals surface area contributed by atoms with Crippen LogP contribution in [0.2, 0.25) is 0 Å². The van der Waals surface area contributed by atoms with Gasteiger partial charge in [-0.2, -0.15) is 0 Å². The number of halogens is 1. The van der Waals surface area contributed by atoms with E-state index in [0.29, 0.717) is 10.9 Å². The first-order valence-corrected chi connectivity index (χ1v) is 7.54. The fraction of sp³-hybridized carbons (Fsp3) is 0.364. The molecule has 0 heterocycles. The molecule has 0 spiro atoms. The predicted molar refractivity (Wildman–Crippen MR) is 69.0 cm³/mol. The lowest BCUT2D eigenvalue weighted by Crippen LogP contribution is -2.30. The van der Waals surface area contributed by atoms with Crippen molar-refractivity contribution in [2.24, 2.45) is 0 Å². The molecule has 0 aromatic heterocycles. The maximum absolute atomic E-state index is 11.8. The lowest BCUT2D eigenvalue weighted by Gasteiger charge is -2.06. The molecule has 94 valence electrons. The first-order chi connectivity index (χ1) is 7.95. The molecule has 0 aliphatic rings. The van der Waals surface area contributed by atoms with E-state index < -0.39 is 15.9 Å². The second-order valence-electron chi connectivity index (χ2n) is 3.59. The first kappa shape index (κ1) is 14.2. The lowest BCUT2D eigenvalue weighted by molar-refractivity contribution is -0.119. The third kappa shape index (κ3) is 4.47. The zero-order valence-corrected chi connectivity index (χ0v) is 11.8. The number of sulfonamides is 1. The van der Waals surface area contributed by atoms with Gasteiger partial charge in [-0.25, -0.2) is 13.1 Å². The summed E-state index contributed by atoms with van der Waals surface area (Å²) in [4.78, 5) is 11.5. The second kappa shape index (κ2) is 6.16. The van der Waals surface area contributed by atoms with Gasteiger partial charge in [-0.1, -0.05) is 35.3 Å². The third-order valence-corrected chi connectivity index (χ3v) is 3.98. The van der Waals surface area contributed by atoms with Crippen molar-refractivity contribution in [1.29, 1.82) is 0 Å². The maximum atomic E-state index is 11.8. The van der Waals surface area contributed by atoms with Gasteiger partial charge in [-0.05, 0) is 24.6 Å². The van der Waals surface area contributed by atoms with E-state index in [-0.39, 0.29) is 11.3 Å². The molecular weight excluding hydrogens is 306 g/mol. The van der Waals surface area contributed by atoms with Gasteiger partial charge in [0.1, 0.15) is 0 Å². The normalized spacial score (nSPS) is 11.2. The Morgan fingerprint density at radius 3 is 2.71 bits per heavy atom. The predicted octanol–water partition coefficient (Wildman–Crippen LogP) is 2.44. The van der Waals surface area contributed by atoms with E-state index in [4.69, 9.17) is 0 Å². The van der Waals surface area contributed by atoms with Crippen LogP contribution in [0.25, 0.3) is 0 Å². The standard InChI is InChI=1S/C11H14BrNO3S/c1-2-3-7-11(14)13-17(15,16)10-6-4-5-9(12)8-10/h4-6,8H,2-3,7H2,1H3,(H,13,14). The fourth-order valence-electron chi connectivity index (χ4n) is 1.23. The van der Waals surface area contributed by atoms with E-state index in [1.54, 1.807) is 12.1 Å². The Labute approximate surface area is 110 Å². The number of carbonyl (C=O) groups is 1. The van der Waals surface area contributed by atoms with E-state index in [1.807, 2.05) is 11.6 Å². The van der Waals surface area contributed by atoms with Gasteiger partial charge >= 0.3 is 0 Å². The molecule has 1 rings (SSSR count). The molecule has 0 saturated carbocycles. The smallest absolute Gasteiger partial charge is 0.264 e. The summed E-state index contributed by atoms with van der Waals surface area (Å²) in [7, 11) is -3.74. The quantitative estimate of drug-likeness (QED) is 0.906. The molecule has 0 fully saturated rings. The number of carbonyl (C=O) groups excluding carboxylic acids is 1. The summed E-state index contributed by atoms with van der Waals surface area (Å²) in [5, 5.41) is 0. The van der Waals surface area contributed by atoms with Crippen LogP contribution in [0, 0.1) is 0 Å². The molecule has 1 aromatic carbocycles. The number of hydrogen-bond donors (Lipinski definition) is 1. The molecule has 0 bridgehead atoms. The van der Waals surface area contributed by atoms with Crippen LogP contribution in [-0.4, -0.2) is 14.3 Å². The largest absolute Gasteiger partial charge is 0.274 e. The summed E-state index contributed by atoms with van der Waals surface area (Å²) in [6, 6.07) is 6.22. The zero-order valence-electron chi connectivity index (χ0n) is 9.44. The molecule has 0 aliphatic heterocycles. The zero-order chi connectivity index (χ0) is 12.9. The molecule has 4 nitrogen and oxygen atoms in total. The molecule has 6 heteroatoms. The van der Waals surface area contributed by atoms with Crippen molar-refractivity contribution in [1.82, 2.24) is 4.72 Å². The Kier molecular flexibility index (Phi) is 5.14. The topological polar surface area (TPSA) is 63.2 Å². The van der Waals surface area contributed by atoms with Crippen LogP contribution in [0.1, 0.15) is 26.2 Å². The molecule has 1 N–H and O–H groups in total. The summed E-state index contributed by atoms with van der Waals surface area (Å²) in [5.74, 6) is -0.466. The lowest BCUT2D eigenvalue weighted by atomic mass is 10.2. The van der Waals surface area contributed by atoms with Crippen LogP contribution >= 0.6 is 15.9 Å². The van der Waals surface area contributed by atoms with Gasteiger partial charge in [0, 0.05) is 10.9 Å². The Morgan fingerprint density at radius 2 is 2.12 bits per heavy atom. The minimum atomic E-state index is -3.74. The van der Waals surface area contributed by atoms with Crippen LogP contribution in [0.3, 0.4) is 0 Å². The molecule has 0 radical (unpaired) electrons. The molecule has 1 aromatic rings. The molecule has 1 amide bonds. The number of unbranched alkanes of at least 4 members (excludes halogenated alkanes) is 1. The van der Waals surface area contributed by atoms with E-state index in [1.165, 1.54) is 12.1 Å². The van der Waals surface area contributed by atoms with Crippen molar-refractivity contribution in [2.45, 2.75) is 31.1 Å². The molecule has 0 saturated heterocycles. The Hall–Kier alpha value is -0.880. The van der Waals surface area contributed by atoms with Gasteiger partial charge in [0.25, 0.3) is 10.0 Å². The summed E-state index contributed by atoms with van der Waals surface area (Å²) >= 11 is 3.19. The van der Waals surface area contributed by atoms with Crippen molar-refractivity contribution in [3.05, 3.63) is 28.7 Å². The summed E-state index contributed by atoms with van der Waals surface area (Å²) in [6.45, 7) is 1.94. The van der Waals surface area contributed by atoms with Gasteiger partial charge in [0.05, 0.1) is 4.90 Å². The Balaban J connectivity index is 2.79. The average molecular weight is 320 g/mol. The Morgan fingerprint density at radius 1 is 1.41 bits per heavy atom. The number of nitrogens with one attached hydrogen (secondary N) is 1. The molecular formula is C11H14BrNO3S. The van der Waals surface area contributed by atoms with E-state index >= 15 is 0 Å². The van der Waals surface area contributed by atoms with E-state index in [2.05, 4.69) is 15.9 Å². The van der Waals surface area contributed by atoms with Crippen LogP contribution in [0.5, 0.6) is 0 Å². The number of amides is 1. The van der Waals surface area contributed by atoms with E-state index in [9.17, 15) is 13.2 Å². The van der Waals surface area contributed by atoms with Crippen LogP contribution in [0.15, 0.2) is 33.6 Å². The van der Waals surface area contributed by atoms with Gasteiger partial charge in [0.15, 0.2) is 0 Å². The second-order valence-corrected chi connectivity index (χ2v) is 6.19. The van der Waals surface area contributed by atoms with Crippen molar-refractivity contribution < 1.29 is 13.2 Å². The van der Waals surface area contributed by atoms with Gasteiger partial charge < -0.3 is 0 Å². The highest BCUT2D eigenvalue weighted by Gasteiger charge is 2.17. The Bertz CT molecular complexity index is 499. The minimum Gasteiger partial charge on any atom is -0.274 e. The minimum absolute atomic E-state index is 0.0803. The number of benzene rings is 1. The highest BCUT2D eigenvalue weighted by atomic mass is 79.9. The summed E-state index contributed by atoms with van der Waals surface area (Å²) < 4.78 is 26.3. The molecule has 17 heavy (non-hydrogen) atoms. The first-order valence-electron chi connectivity index (χ1n) is 5.27. The SMILES string of the molecule is CCCCC(=O)NS(=O)(=O)c1cccc(Br)c1. The van der Waals surface area contributed by atoms with Crippen LogP contribution in [-0.2, 0) is 14.8 Å². The van der Waals surface area contributed by atoms with E-state index in [0.717, 1.165) is 6.42 Å². The number of rotatable bonds is 5. The molecule has 0 unspecified atom stereocenters. The number of hydrogen-bond acceptors (Lipinski definition) is 3. The van der Waals surface area contributed by atoms with Gasteiger partial charge in [-0.3, -0.25) is 4.79 Å². The van der Waals surface area contributed by atoms with Crippen molar-refractivity contribution in [3.63, 3.8) is 0 Å². The summed E-state index contributed by atoms with van der Waals surface area (Å²) in [5.41, 5.74) is 0. The van der Waals surface area contributed by atoms with Crippen molar-refractivity contribution in [3.8, 4) is 0 Å². The van der Waals surface area contributed by atoms with Gasteiger partial charge in [0.2, 0.25) is 5.91 Å². The maximum Gasteiger partial charge on any atom is 0.264 e. The van der Waals surface area contributed by atoms with Crippen LogP contribution < -0.4 is 4.72 Å². The van der Waals surface area contributed by atoms with Crippen molar-refractivity contribution >= 4 is 31.9 Å². The monoisotopic (exact) mass is 319 g/mol. The molecule has 0 atom stereocenters. The fourth-order valence-corrected chi connectivity index (χ4v) is 2.84. The van der Waals surface area contributed by atoms with Crippen molar-refractivity contribution in [2.75, 3.05) is 0 Å². The third-order valence-electron chi connectivity index (χ3n) is 2.11.